The fraction of sp³-hybridized carbons (Fsp3) is 0.0833. The van der Waals surface area contributed by atoms with E-state index in [1.165, 1.54) is 24.3 Å². The average molecular weight is 465 g/mol. The molecule has 0 aliphatic carbocycles. The van der Waals surface area contributed by atoms with Gasteiger partial charge in [-0.3, -0.25) is 14.2 Å². The Morgan fingerprint density at radius 3 is 2.24 bits per heavy atom. The summed E-state index contributed by atoms with van der Waals surface area (Å²) in [5.74, 6) is -2.34. The molecule has 0 fully saturated rings. The van der Waals surface area contributed by atoms with Crippen LogP contribution in [0.2, 0.25) is 0 Å². The van der Waals surface area contributed by atoms with E-state index in [0.717, 1.165) is 17.8 Å². The third-order valence-electron chi connectivity index (χ3n) is 4.62. The van der Waals surface area contributed by atoms with Gasteiger partial charge in [-0.15, -0.1) is 10.2 Å². The van der Waals surface area contributed by atoms with Crippen LogP contribution >= 0.6 is 11.8 Å². The van der Waals surface area contributed by atoms with E-state index in [1.54, 1.807) is 22.8 Å². The lowest BCUT2D eigenvalue weighted by molar-refractivity contribution is -0.139. The quantitative estimate of drug-likeness (QED) is 0.213. The summed E-state index contributed by atoms with van der Waals surface area (Å²) >= 11 is 1.03. The predicted molar refractivity (Wildman–Crippen MR) is 119 cm³/mol. The number of halogens is 2. The van der Waals surface area contributed by atoms with Gasteiger partial charge in [0.2, 0.25) is 5.78 Å². The summed E-state index contributed by atoms with van der Waals surface area (Å²) in [5, 5.41) is 8.60. The van der Waals surface area contributed by atoms with Crippen LogP contribution in [-0.2, 0) is 9.53 Å². The molecule has 0 N–H and O–H groups in total. The van der Waals surface area contributed by atoms with Crippen molar-refractivity contribution in [1.29, 1.82) is 0 Å². The maximum atomic E-state index is 14.4. The topological polar surface area (TPSA) is 74.1 Å². The van der Waals surface area contributed by atoms with Crippen LogP contribution in [0.4, 0.5) is 8.78 Å². The van der Waals surface area contributed by atoms with Gasteiger partial charge in [-0.05, 0) is 36.4 Å². The van der Waals surface area contributed by atoms with E-state index in [2.05, 4.69) is 10.2 Å². The molecule has 0 amide bonds. The molecule has 0 saturated carbocycles. The first kappa shape index (κ1) is 22.3. The van der Waals surface area contributed by atoms with E-state index >= 15 is 0 Å². The molecule has 1 aromatic heterocycles. The number of aromatic nitrogens is 3. The van der Waals surface area contributed by atoms with Gasteiger partial charge in [-0.2, -0.15) is 0 Å². The first-order valence-corrected chi connectivity index (χ1v) is 10.8. The minimum absolute atomic E-state index is 0.142. The zero-order chi connectivity index (χ0) is 23.2. The second kappa shape index (κ2) is 10.2. The van der Waals surface area contributed by atoms with Crippen molar-refractivity contribution in [2.24, 2.45) is 0 Å². The van der Waals surface area contributed by atoms with Crippen LogP contribution < -0.4 is 0 Å². The highest BCUT2D eigenvalue weighted by Gasteiger charge is 2.20. The molecule has 0 atom stereocenters. The van der Waals surface area contributed by atoms with Crippen molar-refractivity contribution < 1.29 is 23.1 Å². The number of Topliss-reactive ketones (excluding diaryl/α,β-unsaturated/α-hetero) is 1. The van der Waals surface area contributed by atoms with Crippen molar-refractivity contribution in [1.82, 2.24) is 14.8 Å². The standard InChI is InChI=1S/C24H17F2N3O3S/c25-19-12-6-4-10-17(19)21(30)14-32-22(31)15-33-24-28-27-23(18-11-5-7-13-20(18)26)29(24)16-8-2-1-3-9-16/h1-13H,14-15H2. The summed E-state index contributed by atoms with van der Waals surface area (Å²) in [6.45, 7) is -0.577. The van der Waals surface area contributed by atoms with Crippen molar-refractivity contribution in [3.63, 3.8) is 0 Å². The number of thioether (sulfide) groups is 1. The highest BCUT2D eigenvalue weighted by molar-refractivity contribution is 7.99. The summed E-state index contributed by atoms with van der Waals surface area (Å²) in [7, 11) is 0. The molecule has 0 saturated heterocycles. The lowest BCUT2D eigenvalue weighted by Gasteiger charge is -2.10. The molecule has 0 aliphatic rings. The largest absolute Gasteiger partial charge is 0.457 e. The summed E-state index contributed by atoms with van der Waals surface area (Å²) in [6, 6.07) is 20.8. The number of hydrogen-bond acceptors (Lipinski definition) is 6. The van der Waals surface area contributed by atoms with E-state index in [-0.39, 0.29) is 22.7 Å². The molecule has 3 aromatic carbocycles. The van der Waals surface area contributed by atoms with Gasteiger partial charge in [-0.25, -0.2) is 8.78 Å². The van der Waals surface area contributed by atoms with Gasteiger partial charge in [0.1, 0.15) is 11.6 Å². The Balaban J connectivity index is 1.49. The second-order valence-corrected chi connectivity index (χ2v) is 7.75. The normalized spacial score (nSPS) is 10.7. The van der Waals surface area contributed by atoms with Crippen LogP contribution in [0, 0.1) is 11.6 Å². The number of esters is 1. The van der Waals surface area contributed by atoms with Crippen molar-refractivity contribution in [3.05, 3.63) is 96.1 Å². The van der Waals surface area contributed by atoms with E-state index in [0.29, 0.717) is 10.8 Å². The van der Waals surface area contributed by atoms with Crippen molar-refractivity contribution in [3.8, 4) is 17.1 Å². The number of carbonyl (C=O) groups excluding carboxylic acids is 2. The molecule has 0 radical (unpaired) electrons. The Hall–Kier alpha value is -3.85. The number of rotatable bonds is 8. The fourth-order valence-corrected chi connectivity index (χ4v) is 3.82. The van der Waals surface area contributed by atoms with Gasteiger partial charge in [0, 0.05) is 5.69 Å². The smallest absolute Gasteiger partial charge is 0.316 e. The zero-order valence-corrected chi connectivity index (χ0v) is 18.0. The zero-order valence-electron chi connectivity index (χ0n) is 17.2. The van der Waals surface area contributed by atoms with Gasteiger partial charge in [0.15, 0.2) is 17.6 Å². The summed E-state index contributed by atoms with van der Waals surface area (Å²) in [5.41, 5.74) is 0.807. The maximum absolute atomic E-state index is 14.4. The molecule has 0 bridgehead atoms. The van der Waals surface area contributed by atoms with Crippen molar-refractivity contribution >= 4 is 23.5 Å². The number of carbonyl (C=O) groups is 2. The molecule has 9 heteroatoms. The van der Waals surface area contributed by atoms with Crippen LogP contribution in [0.15, 0.2) is 84.0 Å². The molecule has 4 aromatic rings. The number of nitrogens with zero attached hydrogens (tertiary/aromatic N) is 3. The van der Waals surface area contributed by atoms with Gasteiger partial charge in [0.25, 0.3) is 0 Å². The number of para-hydroxylation sites is 1. The molecule has 6 nitrogen and oxygen atoms in total. The van der Waals surface area contributed by atoms with E-state index in [4.69, 9.17) is 4.74 Å². The predicted octanol–water partition coefficient (Wildman–Crippen LogP) is 4.73. The van der Waals surface area contributed by atoms with Crippen LogP contribution in [0.3, 0.4) is 0 Å². The van der Waals surface area contributed by atoms with Gasteiger partial charge >= 0.3 is 5.97 Å². The monoisotopic (exact) mass is 465 g/mol. The average Bonchev–Trinajstić information content (AvgIpc) is 3.26. The van der Waals surface area contributed by atoms with Crippen LogP contribution in [0.1, 0.15) is 10.4 Å². The molecule has 33 heavy (non-hydrogen) atoms. The van der Waals surface area contributed by atoms with E-state index < -0.39 is 30.0 Å². The highest BCUT2D eigenvalue weighted by Crippen LogP contribution is 2.29. The highest BCUT2D eigenvalue weighted by atomic mass is 32.2. The molecule has 0 aliphatic heterocycles. The minimum atomic E-state index is -0.681. The Bertz CT molecular complexity index is 1300. The Morgan fingerprint density at radius 1 is 0.848 bits per heavy atom. The molecule has 1 heterocycles. The van der Waals surface area contributed by atoms with Crippen molar-refractivity contribution in [2.45, 2.75) is 5.16 Å². The lowest BCUT2D eigenvalue weighted by atomic mass is 10.1. The van der Waals surface area contributed by atoms with E-state index in [1.807, 2.05) is 30.3 Å². The first-order chi connectivity index (χ1) is 16.0. The SMILES string of the molecule is O=C(CSc1nnc(-c2ccccc2F)n1-c1ccccc1)OCC(=O)c1ccccc1F. The molecule has 166 valence electrons. The number of ether oxygens (including phenoxy) is 1. The number of benzene rings is 3. The maximum Gasteiger partial charge on any atom is 0.316 e. The fourth-order valence-electron chi connectivity index (χ4n) is 3.07. The number of ketones is 1. The molecular weight excluding hydrogens is 448 g/mol. The second-order valence-electron chi connectivity index (χ2n) is 6.81. The summed E-state index contributed by atoms with van der Waals surface area (Å²) in [6.07, 6.45) is 0. The Kier molecular flexibility index (Phi) is 6.89. The minimum Gasteiger partial charge on any atom is -0.457 e. The molecule has 4 rings (SSSR count). The third kappa shape index (κ3) is 5.15. The summed E-state index contributed by atoms with van der Waals surface area (Å²) in [4.78, 5) is 24.3. The van der Waals surface area contributed by atoms with Crippen molar-refractivity contribution in [2.75, 3.05) is 12.4 Å². The van der Waals surface area contributed by atoms with Gasteiger partial charge in [-0.1, -0.05) is 54.2 Å². The van der Waals surface area contributed by atoms with E-state index in [9.17, 15) is 18.4 Å². The lowest BCUT2D eigenvalue weighted by Crippen LogP contribution is -2.16. The van der Waals surface area contributed by atoms with Crippen LogP contribution in [0.5, 0.6) is 0 Å². The van der Waals surface area contributed by atoms with Gasteiger partial charge < -0.3 is 4.74 Å². The number of hydrogen-bond donors (Lipinski definition) is 0. The Morgan fingerprint density at radius 2 is 1.52 bits per heavy atom. The molecule has 0 unspecified atom stereocenters. The summed E-state index contributed by atoms with van der Waals surface area (Å²) < 4.78 is 34.8. The molecule has 0 spiro atoms. The Labute approximate surface area is 192 Å². The van der Waals surface area contributed by atoms with Crippen LogP contribution in [0.25, 0.3) is 17.1 Å². The van der Waals surface area contributed by atoms with Gasteiger partial charge in [0.05, 0.1) is 16.9 Å². The molecular formula is C24H17F2N3O3S. The third-order valence-corrected chi connectivity index (χ3v) is 5.52. The first-order valence-electron chi connectivity index (χ1n) is 9.86. The van der Waals surface area contributed by atoms with Crippen LogP contribution in [-0.4, -0.2) is 38.9 Å².